The smallest absolute Gasteiger partial charge is 0.438 e. The summed E-state index contributed by atoms with van der Waals surface area (Å²) in [5.74, 6) is 0. The van der Waals surface area contributed by atoms with E-state index in [1.54, 1.807) is 19.1 Å². The van der Waals surface area contributed by atoms with Crippen molar-refractivity contribution < 1.29 is 19.2 Å². The minimum Gasteiger partial charge on any atom is -0.438 e. The molecule has 6 nitrogen and oxygen atoms in total. The zero-order valence-corrected chi connectivity index (χ0v) is 10.5. The largest absolute Gasteiger partial charge is 0.508 e. The van der Waals surface area contributed by atoms with Gasteiger partial charge in [-0.1, -0.05) is 6.92 Å². The van der Waals surface area contributed by atoms with Crippen molar-refractivity contribution >= 4 is 11.8 Å². The first kappa shape index (κ1) is 14.0. The number of nitro groups is 1. The van der Waals surface area contributed by atoms with E-state index in [0.29, 0.717) is 12.0 Å². The summed E-state index contributed by atoms with van der Waals surface area (Å²) in [5.41, 5.74) is -0.182. The molecule has 1 unspecified atom stereocenters. The zero-order chi connectivity index (χ0) is 13.8. The third-order valence-corrected chi connectivity index (χ3v) is 2.84. The Balaban J connectivity index is 3.00. The Morgan fingerprint density at radius 3 is 2.33 bits per heavy atom. The van der Waals surface area contributed by atoms with E-state index in [2.05, 4.69) is 4.74 Å². The van der Waals surface area contributed by atoms with Gasteiger partial charge >= 0.3 is 6.16 Å². The van der Waals surface area contributed by atoms with Gasteiger partial charge in [-0.3, -0.25) is 10.1 Å². The number of nitro benzene ring substituents is 1. The summed E-state index contributed by atoms with van der Waals surface area (Å²) < 4.78 is 9.65. The van der Waals surface area contributed by atoms with Crippen LogP contribution < -0.4 is 0 Å². The zero-order valence-electron chi connectivity index (χ0n) is 10.5. The molecule has 0 saturated carbocycles. The molecule has 18 heavy (non-hydrogen) atoms. The molecule has 1 atom stereocenters. The number of hydrogen-bond acceptors (Lipinski definition) is 5. The molecule has 0 aliphatic carbocycles. The van der Waals surface area contributed by atoms with E-state index >= 15 is 0 Å². The quantitative estimate of drug-likeness (QED) is 0.468. The Morgan fingerprint density at radius 2 is 1.94 bits per heavy atom. The molecule has 0 fully saturated rings. The maximum atomic E-state index is 11.2. The number of rotatable bonds is 4. The van der Waals surface area contributed by atoms with E-state index in [4.69, 9.17) is 4.74 Å². The summed E-state index contributed by atoms with van der Waals surface area (Å²) in [6.07, 6.45) is -0.252. The summed E-state index contributed by atoms with van der Waals surface area (Å²) in [6, 6.07) is 5.91. The van der Waals surface area contributed by atoms with E-state index in [-0.39, 0.29) is 5.69 Å². The van der Waals surface area contributed by atoms with Gasteiger partial charge in [-0.2, -0.15) is 0 Å². The van der Waals surface area contributed by atoms with Gasteiger partial charge in [0.1, 0.15) is 5.60 Å². The van der Waals surface area contributed by atoms with Gasteiger partial charge in [0.05, 0.1) is 12.0 Å². The van der Waals surface area contributed by atoms with Crippen LogP contribution in [0.4, 0.5) is 10.5 Å². The first-order valence-electron chi connectivity index (χ1n) is 5.45. The summed E-state index contributed by atoms with van der Waals surface area (Å²) in [5, 5.41) is 10.6. The molecule has 0 aromatic heterocycles. The summed E-state index contributed by atoms with van der Waals surface area (Å²) in [6.45, 7) is 3.58. The van der Waals surface area contributed by atoms with E-state index in [0.717, 1.165) is 0 Å². The molecule has 0 radical (unpaired) electrons. The standard InChI is InChI=1S/C12H15NO5/c1-4-12(2,18-11(14)17-3)9-5-7-10(8-6-9)13(15)16/h5-8H,4H2,1-3H3. The van der Waals surface area contributed by atoms with Gasteiger partial charge in [0.2, 0.25) is 0 Å². The van der Waals surface area contributed by atoms with Gasteiger partial charge in [0, 0.05) is 12.1 Å². The van der Waals surface area contributed by atoms with Crippen molar-refractivity contribution in [1.29, 1.82) is 0 Å². The molecule has 1 rings (SSSR count). The molecule has 0 bridgehead atoms. The van der Waals surface area contributed by atoms with Gasteiger partial charge in [0.15, 0.2) is 0 Å². The topological polar surface area (TPSA) is 78.7 Å². The van der Waals surface area contributed by atoms with Crippen LogP contribution in [0, 0.1) is 10.1 Å². The van der Waals surface area contributed by atoms with Crippen molar-refractivity contribution in [3.63, 3.8) is 0 Å². The van der Waals surface area contributed by atoms with Crippen LogP contribution in [0.15, 0.2) is 24.3 Å². The molecule has 0 saturated heterocycles. The molecule has 0 heterocycles. The van der Waals surface area contributed by atoms with Crippen molar-refractivity contribution in [3.05, 3.63) is 39.9 Å². The number of carbonyl (C=O) groups is 1. The van der Waals surface area contributed by atoms with Crippen LogP contribution in [-0.4, -0.2) is 18.2 Å². The fourth-order valence-electron chi connectivity index (χ4n) is 1.50. The van der Waals surface area contributed by atoms with Gasteiger partial charge in [-0.15, -0.1) is 0 Å². The van der Waals surface area contributed by atoms with Crippen LogP contribution in [0.1, 0.15) is 25.8 Å². The average molecular weight is 253 g/mol. The molecule has 0 aliphatic rings. The Bertz CT molecular complexity index is 442. The highest BCUT2D eigenvalue weighted by Crippen LogP contribution is 2.30. The van der Waals surface area contributed by atoms with E-state index in [9.17, 15) is 14.9 Å². The average Bonchev–Trinajstić information content (AvgIpc) is 2.38. The Labute approximate surface area is 105 Å². The number of methoxy groups -OCH3 is 1. The number of non-ortho nitro benzene ring substituents is 1. The highest BCUT2D eigenvalue weighted by Gasteiger charge is 2.30. The van der Waals surface area contributed by atoms with Crippen molar-refractivity contribution in [3.8, 4) is 0 Å². The number of nitrogens with zero attached hydrogens (tertiary/aromatic N) is 1. The number of hydrogen-bond donors (Lipinski definition) is 0. The van der Waals surface area contributed by atoms with Crippen molar-refractivity contribution in [2.45, 2.75) is 25.9 Å². The molecule has 6 heteroatoms. The lowest BCUT2D eigenvalue weighted by molar-refractivity contribution is -0.384. The lowest BCUT2D eigenvalue weighted by Crippen LogP contribution is -2.28. The Hall–Kier alpha value is -2.11. The Morgan fingerprint density at radius 1 is 1.39 bits per heavy atom. The second kappa shape index (κ2) is 5.48. The fraction of sp³-hybridized carbons (Fsp3) is 0.417. The molecule has 0 amide bonds. The van der Waals surface area contributed by atoms with Gasteiger partial charge < -0.3 is 9.47 Å². The predicted octanol–water partition coefficient (Wildman–Crippen LogP) is 3.00. The van der Waals surface area contributed by atoms with Crippen LogP contribution in [0.5, 0.6) is 0 Å². The third kappa shape index (κ3) is 2.97. The lowest BCUT2D eigenvalue weighted by Gasteiger charge is -2.27. The molecule has 0 aliphatic heterocycles. The van der Waals surface area contributed by atoms with Crippen LogP contribution >= 0.6 is 0 Å². The summed E-state index contributed by atoms with van der Waals surface area (Å²) in [4.78, 5) is 21.3. The van der Waals surface area contributed by atoms with Gasteiger partial charge in [0.25, 0.3) is 5.69 Å². The van der Waals surface area contributed by atoms with Crippen molar-refractivity contribution in [2.75, 3.05) is 7.11 Å². The molecular formula is C12H15NO5. The van der Waals surface area contributed by atoms with Crippen LogP contribution in [0.25, 0.3) is 0 Å². The monoisotopic (exact) mass is 253 g/mol. The maximum Gasteiger partial charge on any atom is 0.508 e. The second-order valence-corrected chi connectivity index (χ2v) is 3.94. The maximum absolute atomic E-state index is 11.2. The van der Waals surface area contributed by atoms with Crippen molar-refractivity contribution in [2.24, 2.45) is 0 Å². The molecular weight excluding hydrogens is 238 g/mol. The normalized spacial score (nSPS) is 13.5. The molecule has 0 N–H and O–H groups in total. The lowest BCUT2D eigenvalue weighted by atomic mass is 9.93. The van der Waals surface area contributed by atoms with Crippen molar-refractivity contribution in [1.82, 2.24) is 0 Å². The van der Waals surface area contributed by atoms with Gasteiger partial charge in [-0.25, -0.2) is 4.79 Å². The fourth-order valence-corrected chi connectivity index (χ4v) is 1.50. The molecule has 98 valence electrons. The van der Waals surface area contributed by atoms with Crippen LogP contribution in [0.3, 0.4) is 0 Å². The number of carbonyl (C=O) groups excluding carboxylic acids is 1. The minimum absolute atomic E-state index is 0.00438. The highest BCUT2D eigenvalue weighted by atomic mass is 16.7. The number of ether oxygens (including phenoxy) is 2. The van der Waals surface area contributed by atoms with E-state index < -0.39 is 16.7 Å². The van der Waals surface area contributed by atoms with Gasteiger partial charge in [-0.05, 0) is 31.0 Å². The highest BCUT2D eigenvalue weighted by molar-refractivity contribution is 5.60. The SMILES string of the molecule is CCC(C)(OC(=O)OC)c1ccc([N+](=O)[O-])cc1. The third-order valence-electron chi connectivity index (χ3n) is 2.84. The Kier molecular flexibility index (Phi) is 4.25. The molecule has 1 aromatic carbocycles. The summed E-state index contributed by atoms with van der Waals surface area (Å²) in [7, 11) is 1.23. The predicted molar refractivity (Wildman–Crippen MR) is 64.2 cm³/mol. The van der Waals surface area contributed by atoms with Crippen LogP contribution in [-0.2, 0) is 15.1 Å². The van der Waals surface area contributed by atoms with E-state index in [1.165, 1.54) is 19.2 Å². The summed E-state index contributed by atoms with van der Waals surface area (Å²) >= 11 is 0. The van der Waals surface area contributed by atoms with Crippen LogP contribution in [0.2, 0.25) is 0 Å². The second-order valence-electron chi connectivity index (χ2n) is 3.94. The molecule has 1 aromatic rings. The number of benzene rings is 1. The minimum atomic E-state index is -0.859. The first-order chi connectivity index (χ1) is 8.42. The van der Waals surface area contributed by atoms with E-state index in [1.807, 2.05) is 6.92 Å². The first-order valence-corrected chi connectivity index (χ1v) is 5.45. The molecule has 0 spiro atoms.